The molecule has 0 aliphatic carbocycles. The van der Waals surface area contributed by atoms with E-state index in [2.05, 4.69) is 41.4 Å². The molecule has 2 aliphatic rings. The molecule has 0 unspecified atom stereocenters. The zero-order chi connectivity index (χ0) is 30.7. The van der Waals surface area contributed by atoms with Gasteiger partial charge in [-0.2, -0.15) is 0 Å². The second-order valence-corrected chi connectivity index (χ2v) is 12.8. The molecule has 0 bridgehead atoms. The lowest BCUT2D eigenvalue weighted by Crippen LogP contribution is -2.46. The number of para-hydroxylation sites is 1. The molecule has 1 aromatic heterocycles. The third-order valence-corrected chi connectivity index (χ3v) is 8.19. The number of carbonyl (C=O) groups is 2. The molecule has 1 fully saturated rings. The fourth-order valence-electron chi connectivity index (χ4n) is 5.91. The first kappa shape index (κ1) is 30.7. The highest BCUT2D eigenvalue weighted by molar-refractivity contribution is 6.30. The van der Waals surface area contributed by atoms with E-state index in [4.69, 9.17) is 25.8 Å². The van der Waals surface area contributed by atoms with Crippen molar-refractivity contribution in [3.05, 3.63) is 58.4 Å². The van der Waals surface area contributed by atoms with Gasteiger partial charge in [0.25, 0.3) is 5.91 Å². The Labute approximate surface area is 256 Å². The zero-order valence-corrected chi connectivity index (χ0v) is 26.1. The number of ether oxygens (including phenoxy) is 3. The number of nitrogens with one attached hydrogen (secondary N) is 1. The van der Waals surface area contributed by atoms with Gasteiger partial charge in [0.15, 0.2) is 11.5 Å². The average Bonchev–Trinajstić information content (AvgIpc) is 3.47. The molecule has 2 aromatic carbocycles. The highest BCUT2D eigenvalue weighted by Crippen LogP contribution is 2.45. The summed E-state index contributed by atoms with van der Waals surface area (Å²) in [5.41, 5.74) is 1.86. The van der Waals surface area contributed by atoms with Gasteiger partial charge in [0.1, 0.15) is 18.0 Å². The first-order valence-corrected chi connectivity index (χ1v) is 14.9. The zero-order valence-electron chi connectivity index (χ0n) is 25.3. The molecule has 1 N–H and O–H groups in total. The van der Waals surface area contributed by atoms with E-state index in [0.29, 0.717) is 58.9 Å². The molecule has 11 nitrogen and oxygen atoms in total. The Kier molecular flexibility index (Phi) is 9.22. The number of fused-ring (bicyclic) bond motifs is 1. The summed E-state index contributed by atoms with van der Waals surface area (Å²) in [6, 6.07) is 11.0. The third-order valence-electron chi connectivity index (χ3n) is 7.95. The maximum atomic E-state index is 14.3. The second-order valence-electron chi connectivity index (χ2n) is 12.4. The SMILES string of the molecule is COc1cccc([C@H]2O[C@H](CC(=O)N3CCC(Cc4nnn[nH]4)CC3)C(=O)N(CC(C)(C)C)c3ccc(Cl)cc32)c1OC. The first-order valence-electron chi connectivity index (χ1n) is 14.6. The van der Waals surface area contributed by atoms with E-state index in [0.717, 1.165) is 25.1 Å². The van der Waals surface area contributed by atoms with E-state index in [9.17, 15) is 9.59 Å². The molecule has 2 amide bonds. The number of piperidine rings is 1. The molecule has 1 saturated heterocycles. The van der Waals surface area contributed by atoms with Crippen LogP contribution in [-0.4, -0.2) is 77.3 Å². The van der Waals surface area contributed by atoms with Crippen LogP contribution in [0.2, 0.25) is 5.02 Å². The summed E-state index contributed by atoms with van der Waals surface area (Å²) < 4.78 is 18.0. The number of tetrazole rings is 1. The van der Waals surface area contributed by atoms with Gasteiger partial charge in [0, 0.05) is 47.9 Å². The topological polar surface area (TPSA) is 123 Å². The van der Waals surface area contributed by atoms with Gasteiger partial charge in [0.2, 0.25) is 5.91 Å². The number of anilines is 1. The molecular weight excluding hydrogens is 572 g/mol. The van der Waals surface area contributed by atoms with Gasteiger partial charge in [-0.25, -0.2) is 5.10 Å². The van der Waals surface area contributed by atoms with E-state index >= 15 is 0 Å². The van der Waals surface area contributed by atoms with E-state index in [1.807, 2.05) is 29.2 Å². The van der Waals surface area contributed by atoms with Gasteiger partial charge < -0.3 is 24.0 Å². The maximum absolute atomic E-state index is 14.3. The molecule has 230 valence electrons. The molecule has 0 radical (unpaired) electrons. The smallest absolute Gasteiger partial charge is 0.256 e. The summed E-state index contributed by atoms with van der Waals surface area (Å²) in [6.45, 7) is 7.84. The summed E-state index contributed by atoms with van der Waals surface area (Å²) in [7, 11) is 3.14. The average molecular weight is 611 g/mol. The monoisotopic (exact) mass is 610 g/mol. The summed E-state index contributed by atoms with van der Waals surface area (Å²) in [5, 5.41) is 14.6. The minimum absolute atomic E-state index is 0.0827. The Morgan fingerprint density at radius 1 is 1.12 bits per heavy atom. The van der Waals surface area contributed by atoms with Crippen LogP contribution in [0.5, 0.6) is 11.5 Å². The van der Waals surface area contributed by atoms with Crippen LogP contribution in [0.3, 0.4) is 0 Å². The summed E-state index contributed by atoms with van der Waals surface area (Å²) >= 11 is 6.52. The largest absolute Gasteiger partial charge is 0.493 e. The van der Waals surface area contributed by atoms with Gasteiger partial charge in [-0.3, -0.25) is 9.59 Å². The van der Waals surface area contributed by atoms with Crippen LogP contribution < -0.4 is 14.4 Å². The predicted octanol–water partition coefficient (Wildman–Crippen LogP) is 4.61. The van der Waals surface area contributed by atoms with Crippen molar-refractivity contribution in [2.24, 2.45) is 11.3 Å². The number of methoxy groups -OCH3 is 2. The van der Waals surface area contributed by atoms with Gasteiger partial charge in [-0.1, -0.05) is 44.5 Å². The van der Waals surface area contributed by atoms with Crippen molar-refractivity contribution in [1.29, 1.82) is 0 Å². The van der Waals surface area contributed by atoms with Crippen LogP contribution in [0.15, 0.2) is 36.4 Å². The Bertz CT molecular complexity index is 1430. The lowest BCUT2D eigenvalue weighted by molar-refractivity contribution is -0.143. The Hall–Kier alpha value is -3.70. The number of halogens is 1. The minimum Gasteiger partial charge on any atom is -0.493 e. The first-order chi connectivity index (χ1) is 20.6. The highest BCUT2D eigenvalue weighted by atomic mass is 35.5. The molecular formula is C31H39ClN6O5. The Morgan fingerprint density at radius 3 is 2.53 bits per heavy atom. The molecule has 0 spiro atoms. The number of aromatic amines is 1. The van der Waals surface area contributed by atoms with Crippen molar-refractivity contribution in [2.45, 2.75) is 58.7 Å². The van der Waals surface area contributed by atoms with Crippen LogP contribution in [0.25, 0.3) is 0 Å². The van der Waals surface area contributed by atoms with Crippen molar-refractivity contribution in [2.75, 3.05) is 38.8 Å². The standard InChI is InChI=1S/C31H39ClN6O5/c1-31(2,3)18-38-23-10-9-20(32)16-22(23)28(21-7-6-8-24(41-4)29(21)42-5)43-25(30(38)40)17-27(39)37-13-11-19(12-14-37)15-26-33-35-36-34-26/h6-10,16,19,25,28H,11-15,17-18H2,1-5H3,(H,33,34,35,36)/t25-,28-/m1/s1. The molecule has 5 rings (SSSR count). The van der Waals surface area contributed by atoms with Crippen molar-refractivity contribution in [3.63, 3.8) is 0 Å². The van der Waals surface area contributed by atoms with E-state index in [1.54, 1.807) is 31.3 Å². The van der Waals surface area contributed by atoms with E-state index < -0.39 is 12.2 Å². The van der Waals surface area contributed by atoms with Gasteiger partial charge >= 0.3 is 0 Å². The maximum Gasteiger partial charge on any atom is 0.256 e. The fraction of sp³-hybridized carbons (Fsp3) is 0.516. The fourth-order valence-corrected chi connectivity index (χ4v) is 6.10. The molecule has 2 aliphatic heterocycles. The molecule has 43 heavy (non-hydrogen) atoms. The van der Waals surface area contributed by atoms with Gasteiger partial charge in [-0.15, -0.1) is 5.10 Å². The summed E-state index contributed by atoms with van der Waals surface area (Å²) in [4.78, 5) is 31.6. The molecule has 0 saturated carbocycles. The second kappa shape index (κ2) is 12.9. The number of hydrogen-bond acceptors (Lipinski definition) is 8. The van der Waals surface area contributed by atoms with Crippen molar-refractivity contribution in [3.8, 4) is 11.5 Å². The number of carbonyl (C=O) groups excluding carboxylic acids is 2. The van der Waals surface area contributed by atoms with Crippen molar-refractivity contribution < 1.29 is 23.8 Å². The number of rotatable bonds is 8. The normalized spacial score (nSPS) is 19.6. The lowest BCUT2D eigenvalue weighted by atomic mass is 9.93. The minimum atomic E-state index is -1.03. The number of nitrogens with zero attached hydrogens (tertiary/aromatic N) is 5. The van der Waals surface area contributed by atoms with Gasteiger partial charge in [-0.05, 0) is 58.9 Å². The summed E-state index contributed by atoms with van der Waals surface area (Å²) in [5.74, 6) is 1.77. The number of benzene rings is 2. The quantitative estimate of drug-likeness (QED) is 0.392. The van der Waals surface area contributed by atoms with Crippen LogP contribution in [0.1, 0.15) is 63.1 Å². The Balaban J connectivity index is 1.46. The van der Waals surface area contributed by atoms with Gasteiger partial charge in [0.05, 0.1) is 20.6 Å². The predicted molar refractivity (Wildman–Crippen MR) is 161 cm³/mol. The number of H-pyrrole nitrogens is 1. The molecule has 3 heterocycles. The third kappa shape index (κ3) is 6.94. The van der Waals surface area contributed by atoms with Crippen LogP contribution in [0.4, 0.5) is 5.69 Å². The van der Waals surface area contributed by atoms with E-state index in [-0.39, 0.29) is 23.7 Å². The van der Waals surface area contributed by atoms with Crippen LogP contribution >= 0.6 is 11.6 Å². The Morgan fingerprint density at radius 2 is 1.88 bits per heavy atom. The number of aromatic nitrogens is 4. The molecule has 12 heteroatoms. The van der Waals surface area contributed by atoms with Crippen LogP contribution in [-0.2, 0) is 20.7 Å². The summed E-state index contributed by atoms with van der Waals surface area (Å²) in [6.07, 6.45) is 0.546. The van der Waals surface area contributed by atoms with Crippen molar-refractivity contribution in [1.82, 2.24) is 25.5 Å². The van der Waals surface area contributed by atoms with Crippen LogP contribution in [0, 0.1) is 11.3 Å². The van der Waals surface area contributed by atoms with E-state index in [1.165, 1.54) is 0 Å². The number of amides is 2. The lowest BCUT2D eigenvalue weighted by Gasteiger charge is -2.34. The molecule has 2 atom stereocenters. The number of hydrogen-bond donors (Lipinski definition) is 1. The molecule has 3 aromatic rings. The van der Waals surface area contributed by atoms with Crippen molar-refractivity contribution >= 4 is 29.1 Å². The highest BCUT2D eigenvalue weighted by Gasteiger charge is 2.41. The number of likely N-dealkylation sites (tertiary alicyclic amines) is 1.